The van der Waals surface area contributed by atoms with Crippen LogP contribution in [0.15, 0.2) is 12.7 Å². The monoisotopic (exact) mass is 815 g/mol. The fourth-order valence-electron chi connectivity index (χ4n) is 1.20. The van der Waals surface area contributed by atoms with Gasteiger partial charge in [0.25, 0.3) is 0 Å². The maximum Gasteiger partial charge on any atom is 1.00 e. The van der Waals surface area contributed by atoms with Gasteiger partial charge in [-0.15, -0.1) is 25.7 Å². The van der Waals surface area contributed by atoms with Crippen molar-refractivity contribution in [3.05, 3.63) is 12.7 Å². The molecule has 0 rings (SSSR count). The molecule has 0 fully saturated rings. The zero-order chi connectivity index (χ0) is 38.1. The van der Waals surface area contributed by atoms with Crippen molar-refractivity contribution in [2.45, 2.75) is 31.0 Å². The van der Waals surface area contributed by atoms with Gasteiger partial charge in [0.1, 0.15) is 19.8 Å². The summed E-state index contributed by atoms with van der Waals surface area (Å²) in [6.45, 7) is 12.2. The fraction of sp³-hybridized carbons (Fsp3) is 0.625. The summed E-state index contributed by atoms with van der Waals surface area (Å²) in [5.74, 6) is 9.33. The Bertz CT molecular complexity index is 766. The molecular weight excluding hydrogens is 764 g/mol. The summed E-state index contributed by atoms with van der Waals surface area (Å²) >= 11 is 17.4. The second-order valence-electron chi connectivity index (χ2n) is 6.13. The molecule has 0 aliphatic heterocycles. The zero-order valence-corrected chi connectivity index (χ0v) is 34.4. The van der Waals surface area contributed by atoms with Crippen LogP contribution in [0.3, 0.4) is 0 Å². The number of ether oxygens (including phenoxy) is 5. The number of rotatable bonds is 17. The molecule has 5 N–H and O–H groups in total. The van der Waals surface area contributed by atoms with Gasteiger partial charge in [0.15, 0.2) is 4.30 Å². The van der Waals surface area contributed by atoms with Crippen LogP contribution < -0.4 is 35.3 Å². The predicted octanol–water partition coefficient (Wildman–Crippen LogP) is 1.01. The molecule has 0 atom stereocenters. The third kappa shape index (κ3) is 180. The number of alkyl halides is 4. The van der Waals surface area contributed by atoms with Crippen molar-refractivity contribution in [2.75, 3.05) is 97.8 Å². The number of hydrogen-bond acceptors (Lipinski definition) is 11. The van der Waals surface area contributed by atoms with E-state index in [9.17, 15) is 0 Å². The molecule has 0 heterocycles. The summed E-state index contributed by atoms with van der Waals surface area (Å²) in [6.07, 6.45) is 21.9. The summed E-state index contributed by atoms with van der Waals surface area (Å²) < 4.78 is 23.9. The average molecular weight is 818 g/mol. The van der Waals surface area contributed by atoms with Crippen LogP contribution in [0.25, 0.3) is 0 Å². The van der Waals surface area contributed by atoms with E-state index >= 15 is 0 Å². The SMILES string of the molecule is C#CCBr.C#CCOCCO.C#CCOCCOCCC#N.C#CCOCCOCCCN.C=CC#N.CC.ClC(Cl)Cl.OCCO.[H-].[Na+]. The summed E-state index contributed by atoms with van der Waals surface area (Å²) in [6, 6.07) is 3.67. The largest absolute Gasteiger partial charge is 1.00 e. The molecule has 0 spiro atoms. The maximum atomic E-state index is 8.12. The fourth-order valence-corrected chi connectivity index (χ4v) is 1.20. The van der Waals surface area contributed by atoms with Gasteiger partial charge in [-0.05, 0) is 13.0 Å². The smallest absolute Gasteiger partial charge is 1.00 e. The first-order valence-electron chi connectivity index (χ1n) is 13.7. The molecule has 0 radical (unpaired) electrons. The first-order chi connectivity index (χ1) is 22.7. The van der Waals surface area contributed by atoms with Crippen molar-refractivity contribution < 1.29 is 70.0 Å². The minimum atomic E-state index is -0.750. The third-order valence-corrected chi connectivity index (χ3v) is 2.98. The molecule has 16 heteroatoms. The van der Waals surface area contributed by atoms with Gasteiger partial charge >= 0.3 is 29.6 Å². The number of aliphatic hydroxyl groups is 3. The van der Waals surface area contributed by atoms with E-state index in [1.54, 1.807) is 6.07 Å². The molecular formula is C32H54BrCl3N3NaO8. The van der Waals surface area contributed by atoms with Gasteiger partial charge in [-0.3, -0.25) is 0 Å². The molecule has 0 aromatic heterocycles. The summed E-state index contributed by atoms with van der Waals surface area (Å²) in [4.78, 5) is 0. The van der Waals surface area contributed by atoms with E-state index in [2.05, 4.69) is 50.9 Å². The molecule has 0 saturated heterocycles. The Labute approximate surface area is 337 Å². The van der Waals surface area contributed by atoms with E-state index in [-0.39, 0.29) is 50.8 Å². The summed E-state index contributed by atoms with van der Waals surface area (Å²) in [5.41, 5.74) is 5.25. The Hall–Kier alpha value is -1.05. The molecule has 48 heavy (non-hydrogen) atoms. The second kappa shape index (κ2) is 96.9. The number of nitrogens with two attached hydrogens (primary N) is 1. The molecule has 0 amide bonds. The third-order valence-electron chi connectivity index (χ3n) is 2.66. The van der Waals surface area contributed by atoms with Gasteiger partial charge in [-0.25, -0.2) is 0 Å². The van der Waals surface area contributed by atoms with Crippen molar-refractivity contribution in [1.29, 1.82) is 10.5 Å². The number of hydrogen-bond donors (Lipinski definition) is 4. The Morgan fingerprint density at radius 3 is 1.33 bits per heavy atom. The van der Waals surface area contributed by atoms with Crippen LogP contribution in [-0.2, 0) is 23.7 Å². The van der Waals surface area contributed by atoms with Gasteiger partial charge in [-0.1, -0.05) is 94.8 Å². The number of nitriles is 2. The molecule has 11 nitrogen and oxygen atoms in total. The van der Waals surface area contributed by atoms with E-state index in [0.717, 1.165) is 6.42 Å². The van der Waals surface area contributed by atoms with Crippen LogP contribution >= 0.6 is 50.7 Å². The van der Waals surface area contributed by atoms with Crippen LogP contribution in [-0.4, -0.2) is 117 Å². The van der Waals surface area contributed by atoms with Crippen LogP contribution in [0.4, 0.5) is 0 Å². The Kier molecular flexibility index (Phi) is 139. The molecule has 0 aliphatic rings. The van der Waals surface area contributed by atoms with Crippen LogP contribution in [0.2, 0.25) is 0 Å². The number of halogens is 4. The van der Waals surface area contributed by atoms with Gasteiger partial charge in [-0.2, -0.15) is 10.5 Å². The molecule has 0 aromatic rings. The first kappa shape index (κ1) is 68.8. The Balaban J connectivity index is -0.0000000467. The van der Waals surface area contributed by atoms with Crippen molar-refractivity contribution in [1.82, 2.24) is 0 Å². The van der Waals surface area contributed by atoms with E-state index in [1.165, 1.54) is 6.08 Å². The van der Waals surface area contributed by atoms with Crippen molar-refractivity contribution in [3.63, 3.8) is 0 Å². The van der Waals surface area contributed by atoms with E-state index < -0.39 is 4.30 Å². The van der Waals surface area contributed by atoms with Gasteiger partial charge < -0.3 is 46.2 Å². The van der Waals surface area contributed by atoms with Crippen molar-refractivity contribution in [2.24, 2.45) is 5.73 Å². The Morgan fingerprint density at radius 2 is 1.08 bits per heavy atom. The van der Waals surface area contributed by atoms with E-state index in [1.807, 2.05) is 19.9 Å². The van der Waals surface area contributed by atoms with Gasteiger partial charge in [0.2, 0.25) is 0 Å². The number of aliphatic hydroxyl groups excluding tert-OH is 3. The first-order valence-corrected chi connectivity index (χ1v) is 16.2. The standard InChI is InChI=1S/C8H15NO2.C8H11NO2.C5H8O2.C3H3Br.C3H3N.C2H6O2.C2H6.CHCl3.Na.H/c2*1-2-5-10-7-8-11-6-3-4-9;1-2-4-7-5-3-6;2*1-2-3-4;3-1-2-4;1-2;2-1(3)4;;/h1H,3-9H2;1H,3,5-8H2;1,6H,3-5H2;1H,3H2;2H,1H2;3-4H,1-2H2;1-2H3;1H;;/q;;;;;;;;+1;-1. The van der Waals surface area contributed by atoms with Gasteiger partial charge in [0.05, 0.1) is 83.4 Å². The Morgan fingerprint density at radius 1 is 0.750 bits per heavy atom. The number of allylic oxidation sites excluding steroid dienone is 1. The maximum absolute atomic E-state index is 8.12. The van der Waals surface area contributed by atoms with Crippen LogP contribution in [0, 0.1) is 72.0 Å². The molecule has 0 aromatic carbocycles. The van der Waals surface area contributed by atoms with Crippen LogP contribution in [0.5, 0.6) is 0 Å². The molecule has 0 aliphatic carbocycles. The van der Waals surface area contributed by atoms with Crippen molar-refractivity contribution in [3.8, 4) is 61.5 Å². The topological polar surface area (TPSA) is 180 Å². The number of nitrogens with zero attached hydrogens (tertiary/aromatic N) is 2. The van der Waals surface area contributed by atoms with Crippen molar-refractivity contribution >= 4 is 50.7 Å². The predicted molar refractivity (Wildman–Crippen MR) is 198 cm³/mol. The minimum absolute atomic E-state index is 0. The summed E-state index contributed by atoms with van der Waals surface area (Å²) in [7, 11) is 0. The van der Waals surface area contributed by atoms with Crippen LogP contribution in [0.1, 0.15) is 28.1 Å². The molecule has 274 valence electrons. The van der Waals surface area contributed by atoms with E-state index in [0.29, 0.717) is 84.4 Å². The second-order valence-corrected chi connectivity index (χ2v) is 8.67. The number of terminal acetylenes is 4. The van der Waals surface area contributed by atoms with E-state index in [4.69, 9.17) is 111 Å². The molecule has 0 saturated carbocycles. The average Bonchev–Trinajstić information content (AvgIpc) is 3.09. The minimum Gasteiger partial charge on any atom is -1.00 e. The molecule has 0 unspecified atom stereocenters. The zero-order valence-electron chi connectivity index (χ0n) is 29.6. The van der Waals surface area contributed by atoms with Gasteiger partial charge in [0, 0.05) is 12.7 Å². The quantitative estimate of drug-likeness (QED) is 0.0541. The normalized spacial score (nSPS) is 7.52. The summed E-state index contributed by atoms with van der Waals surface area (Å²) in [5, 5.41) is 39.6. The molecule has 0 bridgehead atoms.